The van der Waals surface area contributed by atoms with E-state index in [1.54, 1.807) is 24.3 Å². The molecule has 0 saturated carbocycles. The summed E-state index contributed by atoms with van der Waals surface area (Å²) in [5.74, 6) is 0.139. The second-order valence-corrected chi connectivity index (χ2v) is 3.74. The normalized spacial score (nSPS) is 13.7. The van der Waals surface area contributed by atoms with Gasteiger partial charge >= 0.3 is 0 Å². The molecular formula is C16H11N3. The summed E-state index contributed by atoms with van der Waals surface area (Å²) in [7, 11) is 0. The van der Waals surface area contributed by atoms with Crippen molar-refractivity contribution in [3.05, 3.63) is 78.3 Å². The molecule has 0 aliphatic heterocycles. The van der Waals surface area contributed by atoms with Gasteiger partial charge < -0.3 is 0 Å². The van der Waals surface area contributed by atoms with Crippen LogP contribution in [0.15, 0.2) is 66.9 Å². The lowest BCUT2D eigenvalue weighted by atomic mass is 10.2. The lowest BCUT2D eigenvalue weighted by Gasteiger charge is -2.08. The second-order valence-electron chi connectivity index (χ2n) is 3.74. The Morgan fingerprint density at radius 2 is 2.05 bits per heavy atom. The molecule has 0 radical (unpaired) electrons. The minimum atomic E-state index is -0.311. The fraction of sp³-hybridized carbons (Fsp3) is 0. The molecule has 3 rings (SSSR count). The second kappa shape index (κ2) is 4.79. The smallest absolute Gasteiger partial charge is 0.187 e. The summed E-state index contributed by atoms with van der Waals surface area (Å²) in [4.78, 5) is 7.21. The first-order valence-electron chi connectivity index (χ1n) is 8.05. The van der Waals surface area contributed by atoms with E-state index in [4.69, 9.17) is 13.4 Å². The topological polar surface area (TPSA) is 22.2 Å². The Kier molecular flexibility index (Phi) is 1.74. The number of nitrogens with zero attached hydrogens (tertiary/aromatic N) is 3. The zero-order valence-corrected chi connectivity index (χ0v) is 9.81. The molecule has 2 aromatic carbocycles. The molecule has 0 aliphatic rings. The molecule has 1 aromatic heterocycles. The van der Waals surface area contributed by atoms with Crippen molar-refractivity contribution in [1.82, 2.24) is 9.55 Å². The third-order valence-corrected chi connectivity index (χ3v) is 2.56. The number of imidazole rings is 1. The van der Waals surface area contributed by atoms with Crippen molar-refractivity contribution in [2.75, 3.05) is 0 Å². The van der Waals surface area contributed by atoms with Crippen molar-refractivity contribution >= 4 is 5.69 Å². The molecule has 3 heteroatoms. The number of hydrogen-bond acceptors (Lipinski definition) is 1. The number of benzene rings is 2. The maximum Gasteiger partial charge on any atom is 0.187 e. The van der Waals surface area contributed by atoms with E-state index in [1.165, 1.54) is 10.6 Å². The van der Waals surface area contributed by atoms with Crippen LogP contribution in [-0.4, -0.2) is 9.55 Å². The number of rotatable bonds is 2. The van der Waals surface area contributed by atoms with Crippen molar-refractivity contribution in [1.29, 1.82) is 0 Å². The van der Waals surface area contributed by atoms with Crippen molar-refractivity contribution in [3.63, 3.8) is 0 Å². The molecule has 3 aromatic rings. The summed E-state index contributed by atoms with van der Waals surface area (Å²) in [6.45, 7) is 7.15. The molecule has 0 atom stereocenters. The predicted molar refractivity (Wildman–Crippen MR) is 75.3 cm³/mol. The third kappa shape index (κ3) is 2.12. The zero-order valence-electron chi connectivity index (χ0n) is 14.8. The van der Waals surface area contributed by atoms with Gasteiger partial charge in [0.25, 0.3) is 0 Å². The first-order valence-corrected chi connectivity index (χ1v) is 5.55. The summed E-state index contributed by atoms with van der Waals surface area (Å²) >= 11 is 0. The van der Waals surface area contributed by atoms with Crippen molar-refractivity contribution < 1.29 is 6.85 Å². The van der Waals surface area contributed by atoms with Crippen LogP contribution in [0.4, 0.5) is 5.69 Å². The highest BCUT2D eigenvalue weighted by molar-refractivity contribution is 5.64. The molecule has 0 fully saturated rings. The van der Waals surface area contributed by atoms with E-state index in [0.717, 1.165) is 0 Å². The molecular weight excluding hydrogens is 234 g/mol. The van der Waals surface area contributed by atoms with Crippen molar-refractivity contribution in [3.8, 4) is 17.1 Å². The van der Waals surface area contributed by atoms with Gasteiger partial charge in [0, 0.05) is 26.3 Å². The Balaban J connectivity index is 2.36. The molecule has 0 amide bonds. The summed E-state index contributed by atoms with van der Waals surface area (Å²) < 4.78 is 41.0. The highest BCUT2D eigenvalue weighted by Gasteiger charge is 2.07. The van der Waals surface area contributed by atoms with Crippen LogP contribution in [0, 0.1) is 6.57 Å². The zero-order chi connectivity index (χ0) is 17.4. The van der Waals surface area contributed by atoms with Crippen molar-refractivity contribution in [2.24, 2.45) is 0 Å². The van der Waals surface area contributed by atoms with Gasteiger partial charge in [0.05, 0.1) is 10.7 Å². The molecule has 0 saturated heterocycles. The van der Waals surface area contributed by atoms with E-state index in [2.05, 4.69) is 9.83 Å². The maximum atomic E-state index is 8.17. The monoisotopic (exact) mass is 250 g/mol. The van der Waals surface area contributed by atoms with Gasteiger partial charge in [-0.3, -0.25) is 4.57 Å². The molecule has 0 aliphatic carbocycles. The highest BCUT2D eigenvalue weighted by Crippen LogP contribution is 2.25. The highest BCUT2D eigenvalue weighted by atomic mass is 15.1. The molecule has 19 heavy (non-hydrogen) atoms. The fourth-order valence-corrected chi connectivity index (χ4v) is 1.72. The standard InChI is InChI=1S/C16H11N3/c1-17-14-7-5-6-13(12-14)16-18-10-11-19(16)15-8-3-2-4-9-15/h2-12H/i5D,7D,10D,11D,12D. The maximum absolute atomic E-state index is 8.17. The quantitative estimate of drug-likeness (QED) is 0.628. The van der Waals surface area contributed by atoms with Gasteiger partial charge in [0.15, 0.2) is 5.69 Å². The molecule has 1 heterocycles. The number of para-hydroxylation sites is 1. The summed E-state index contributed by atoms with van der Waals surface area (Å²) in [6.07, 6.45) is -0.416. The number of hydrogen-bond donors (Lipinski definition) is 0. The largest absolute Gasteiger partial charge is 0.300 e. The van der Waals surface area contributed by atoms with E-state index in [-0.39, 0.29) is 47.5 Å². The molecule has 0 bridgehead atoms. The van der Waals surface area contributed by atoms with Gasteiger partial charge in [-0.1, -0.05) is 36.4 Å². The summed E-state index contributed by atoms with van der Waals surface area (Å²) in [5, 5.41) is 0. The summed E-state index contributed by atoms with van der Waals surface area (Å²) in [6, 6.07) is 9.38. The van der Waals surface area contributed by atoms with E-state index >= 15 is 0 Å². The van der Waals surface area contributed by atoms with Gasteiger partial charge in [-0.2, -0.15) is 0 Å². The SMILES string of the molecule is [2H]c1cc(-c2nc([2H])c([2H])n2-c2ccccc2)c([2H])c([N+]#[C-])c1[2H]. The predicted octanol–water partition coefficient (Wildman–Crippen LogP) is 4.09. The average molecular weight is 250 g/mol. The molecule has 0 unspecified atom stereocenters. The van der Waals surface area contributed by atoms with Crippen molar-refractivity contribution in [2.45, 2.75) is 0 Å². The van der Waals surface area contributed by atoms with Crippen LogP contribution in [0.25, 0.3) is 21.9 Å². The Morgan fingerprint density at radius 1 is 1.21 bits per heavy atom. The average Bonchev–Trinajstić information content (AvgIpc) is 2.87. The first-order chi connectivity index (χ1) is 11.5. The lowest BCUT2D eigenvalue weighted by molar-refractivity contribution is 1.07. The van der Waals surface area contributed by atoms with Gasteiger partial charge in [-0.25, -0.2) is 9.83 Å². The van der Waals surface area contributed by atoms with Crippen LogP contribution in [-0.2, 0) is 0 Å². The molecule has 0 N–H and O–H groups in total. The minimum absolute atomic E-state index is 0.139. The molecule has 3 nitrogen and oxygen atoms in total. The van der Waals surface area contributed by atoms with E-state index in [1.807, 2.05) is 6.07 Å². The van der Waals surface area contributed by atoms with Crippen LogP contribution in [0.2, 0.25) is 0 Å². The third-order valence-electron chi connectivity index (χ3n) is 2.56. The molecule has 90 valence electrons. The van der Waals surface area contributed by atoms with Crippen LogP contribution < -0.4 is 0 Å². The Labute approximate surface area is 118 Å². The Morgan fingerprint density at radius 3 is 2.84 bits per heavy atom. The van der Waals surface area contributed by atoms with Gasteiger partial charge in [-0.05, 0) is 18.2 Å². The van der Waals surface area contributed by atoms with Crippen LogP contribution in [0.1, 0.15) is 6.85 Å². The lowest BCUT2D eigenvalue weighted by Crippen LogP contribution is -1.95. The molecule has 0 spiro atoms. The van der Waals surface area contributed by atoms with E-state index in [0.29, 0.717) is 5.69 Å². The van der Waals surface area contributed by atoms with Crippen LogP contribution in [0.5, 0.6) is 0 Å². The van der Waals surface area contributed by atoms with Gasteiger partial charge in [0.1, 0.15) is 5.82 Å². The van der Waals surface area contributed by atoms with Gasteiger partial charge in [0.2, 0.25) is 0 Å². The van der Waals surface area contributed by atoms with Crippen LogP contribution in [0.3, 0.4) is 0 Å². The van der Waals surface area contributed by atoms with Crippen LogP contribution >= 0.6 is 0 Å². The van der Waals surface area contributed by atoms with E-state index in [9.17, 15) is 0 Å². The van der Waals surface area contributed by atoms with E-state index < -0.39 is 0 Å². The number of aromatic nitrogens is 2. The Bertz CT molecular complexity index is 974. The Hall–Kier alpha value is -2.86. The van der Waals surface area contributed by atoms with Gasteiger partial charge in [-0.15, -0.1) is 0 Å². The summed E-state index contributed by atoms with van der Waals surface area (Å²) in [5.41, 5.74) is 0.504. The first kappa shape index (κ1) is 6.91. The minimum Gasteiger partial charge on any atom is -0.300 e. The fourth-order valence-electron chi connectivity index (χ4n) is 1.72.